The standard InChI is InChI=1S/C11H19BrN2O2/c1-11(2,12)10(16)13-7-9(15)14-8-5-3-4-6-8/h8H,3-7H2,1-2H3,(H,13,16)(H,14,15). The number of hydrogen-bond acceptors (Lipinski definition) is 2. The zero-order valence-electron chi connectivity index (χ0n) is 9.81. The molecule has 1 aliphatic carbocycles. The number of carbonyl (C=O) groups excluding carboxylic acids is 2. The van der Waals surface area contributed by atoms with Crippen LogP contribution in [-0.4, -0.2) is 28.7 Å². The summed E-state index contributed by atoms with van der Waals surface area (Å²) in [5.74, 6) is -0.272. The van der Waals surface area contributed by atoms with Crippen LogP contribution in [-0.2, 0) is 9.59 Å². The molecular formula is C11H19BrN2O2. The third-order valence-electron chi connectivity index (χ3n) is 2.67. The van der Waals surface area contributed by atoms with Gasteiger partial charge in [0, 0.05) is 6.04 Å². The van der Waals surface area contributed by atoms with Gasteiger partial charge in [0.2, 0.25) is 11.8 Å². The maximum atomic E-state index is 11.5. The Hall–Kier alpha value is -0.580. The van der Waals surface area contributed by atoms with Gasteiger partial charge in [0.25, 0.3) is 0 Å². The second-order valence-corrected chi connectivity index (χ2v) is 6.69. The second kappa shape index (κ2) is 5.66. The van der Waals surface area contributed by atoms with Gasteiger partial charge in [-0.2, -0.15) is 0 Å². The number of carbonyl (C=O) groups is 2. The Kier molecular flexibility index (Phi) is 4.77. The number of alkyl halides is 1. The molecule has 2 N–H and O–H groups in total. The van der Waals surface area contributed by atoms with E-state index in [0.29, 0.717) is 6.04 Å². The summed E-state index contributed by atoms with van der Waals surface area (Å²) in [5.41, 5.74) is 0. The van der Waals surface area contributed by atoms with Crippen LogP contribution in [0, 0.1) is 0 Å². The van der Waals surface area contributed by atoms with Gasteiger partial charge in [-0.15, -0.1) is 0 Å². The van der Waals surface area contributed by atoms with E-state index in [4.69, 9.17) is 0 Å². The van der Waals surface area contributed by atoms with Crippen molar-refractivity contribution in [3.63, 3.8) is 0 Å². The molecule has 0 saturated heterocycles. The first-order valence-corrected chi connectivity index (χ1v) is 6.45. The molecular weight excluding hydrogens is 272 g/mol. The van der Waals surface area contributed by atoms with Gasteiger partial charge in [0.15, 0.2) is 0 Å². The number of amides is 2. The molecule has 1 rings (SSSR count). The molecule has 0 bridgehead atoms. The van der Waals surface area contributed by atoms with E-state index in [0.717, 1.165) is 12.8 Å². The smallest absolute Gasteiger partial charge is 0.239 e. The maximum absolute atomic E-state index is 11.5. The molecule has 0 aliphatic heterocycles. The lowest BCUT2D eigenvalue weighted by Gasteiger charge is -2.17. The van der Waals surface area contributed by atoms with Gasteiger partial charge in [0.05, 0.1) is 10.9 Å². The van der Waals surface area contributed by atoms with Gasteiger partial charge in [-0.1, -0.05) is 28.8 Å². The van der Waals surface area contributed by atoms with Crippen LogP contribution in [0.2, 0.25) is 0 Å². The Balaban J connectivity index is 2.22. The molecule has 0 aromatic carbocycles. The van der Waals surface area contributed by atoms with E-state index in [-0.39, 0.29) is 18.4 Å². The van der Waals surface area contributed by atoms with Crippen molar-refractivity contribution in [2.24, 2.45) is 0 Å². The van der Waals surface area contributed by atoms with Crippen molar-refractivity contribution in [1.82, 2.24) is 10.6 Å². The first-order chi connectivity index (χ1) is 7.39. The largest absolute Gasteiger partial charge is 0.352 e. The Morgan fingerprint density at radius 2 is 1.88 bits per heavy atom. The Labute approximate surface area is 105 Å². The Morgan fingerprint density at radius 1 is 1.31 bits per heavy atom. The predicted octanol–water partition coefficient (Wildman–Crippen LogP) is 1.33. The van der Waals surface area contributed by atoms with Crippen molar-refractivity contribution in [1.29, 1.82) is 0 Å². The fourth-order valence-electron chi connectivity index (χ4n) is 1.72. The van der Waals surface area contributed by atoms with Gasteiger partial charge >= 0.3 is 0 Å². The minimum Gasteiger partial charge on any atom is -0.352 e. The van der Waals surface area contributed by atoms with E-state index in [1.54, 1.807) is 13.8 Å². The van der Waals surface area contributed by atoms with Crippen molar-refractivity contribution in [2.45, 2.75) is 49.9 Å². The van der Waals surface area contributed by atoms with E-state index in [1.807, 2.05) is 0 Å². The monoisotopic (exact) mass is 290 g/mol. The quantitative estimate of drug-likeness (QED) is 0.768. The molecule has 16 heavy (non-hydrogen) atoms. The highest BCUT2D eigenvalue weighted by Gasteiger charge is 2.24. The third-order valence-corrected chi connectivity index (χ3v) is 3.03. The zero-order valence-corrected chi connectivity index (χ0v) is 11.4. The highest BCUT2D eigenvalue weighted by molar-refractivity contribution is 9.10. The van der Waals surface area contributed by atoms with Gasteiger partial charge < -0.3 is 10.6 Å². The number of nitrogens with one attached hydrogen (secondary N) is 2. The molecule has 0 spiro atoms. The first-order valence-electron chi connectivity index (χ1n) is 5.66. The van der Waals surface area contributed by atoms with E-state index in [9.17, 15) is 9.59 Å². The maximum Gasteiger partial charge on any atom is 0.239 e. The minimum atomic E-state index is -0.624. The van der Waals surface area contributed by atoms with Crippen LogP contribution in [0.1, 0.15) is 39.5 Å². The molecule has 1 saturated carbocycles. The lowest BCUT2D eigenvalue weighted by molar-refractivity contribution is -0.127. The van der Waals surface area contributed by atoms with Crippen molar-refractivity contribution in [3.8, 4) is 0 Å². The first kappa shape index (κ1) is 13.5. The van der Waals surface area contributed by atoms with Crippen LogP contribution in [0.5, 0.6) is 0 Å². The van der Waals surface area contributed by atoms with Gasteiger partial charge in [0.1, 0.15) is 0 Å². The summed E-state index contributed by atoms with van der Waals surface area (Å²) in [7, 11) is 0. The predicted molar refractivity (Wildman–Crippen MR) is 66.4 cm³/mol. The van der Waals surface area contributed by atoms with E-state index >= 15 is 0 Å². The van der Waals surface area contributed by atoms with Crippen molar-refractivity contribution >= 4 is 27.7 Å². The Bertz CT molecular complexity index is 268. The van der Waals surface area contributed by atoms with Gasteiger partial charge in [-0.25, -0.2) is 0 Å². The summed E-state index contributed by atoms with van der Waals surface area (Å²) in [6, 6.07) is 0.307. The van der Waals surface area contributed by atoms with Crippen LogP contribution in [0.15, 0.2) is 0 Å². The molecule has 0 aromatic heterocycles. The van der Waals surface area contributed by atoms with Crippen molar-refractivity contribution in [3.05, 3.63) is 0 Å². The fourth-order valence-corrected chi connectivity index (χ4v) is 1.86. The summed E-state index contributed by atoms with van der Waals surface area (Å²) in [6.07, 6.45) is 4.49. The average Bonchev–Trinajstić information content (AvgIpc) is 2.65. The van der Waals surface area contributed by atoms with Crippen LogP contribution in [0.4, 0.5) is 0 Å². The van der Waals surface area contributed by atoms with Crippen LogP contribution >= 0.6 is 15.9 Å². The number of halogens is 1. The summed E-state index contributed by atoms with van der Waals surface area (Å²) in [6.45, 7) is 3.55. The normalized spacial score (nSPS) is 17.2. The van der Waals surface area contributed by atoms with Crippen LogP contribution in [0.25, 0.3) is 0 Å². The molecule has 5 heteroatoms. The Morgan fingerprint density at radius 3 is 2.38 bits per heavy atom. The molecule has 0 aromatic rings. The lowest BCUT2D eigenvalue weighted by atomic mass is 10.2. The summed E-state index contributed by atoms with van der Waals surface area (Å²) < 4.78 is -0.624. The molecule has 0 radical (unpaired) electrons. The minimum absolute atomic E-state index is 0.0599. The van der Waals surface area contributed by atoms with E-state index in [1.165, 1.54) is 12.8 Å². The molecule has 1 fully saturated rings. The SMILES string of the molecule is CC(C)(Br)C(=O)NCC(=O)NC1CCCC1. The molecule has 92 valence electrons. The summed E-state index contributed by atoms with van der Waals surface area (Å²) in [4.78, 5) is 23.0. The van der Waals surface area contributed by atoms with Crippen molar-refractivity contribution < 1.29 is 9.59 Å². The molecule has 1 aliphatic rings. The highest BCUT2D eigenvalue weighted by Crippen LogP contribution is 2.17. The number of rotatable bonds is 4. The lowest BCUT2D eigenvalue weighted by Crippen LogP contribution is -2.45. The van der Waals surface area contributed by atoms with Crippen molar-refractivity contribution in [2.75, 3.05) is 6.54 Å². The third kappa shape index (κ3) is 4.51. The zero-order chi connectivity index (χ0) is 12.2. The van der Waals surface area contributed by atoms with Gasteiger partial charge in [-0.05, 0) is 26.7 Å². The fraction of sp³-hybridized carbons (Fsp3) is 0.818. The molecule has 2 amide bonds. The van der Waals surface area contributed by atoms with E-state index < -0.39 is 4.32 Å². The molecule has 0 atom stereocenters. The summed E-state index contributed by atoms with van der Waals surface area (Å²) >= 11 is 3.24. The second-order valence-electron chi connectivity index (χ2n) is 4.70. The van der Waals surface area contributed by atoms with Crippen LogP contribution < -0.4 is 10.6 Å². The topological polar surface area (TPSA) is 58.2 Å². The number of hydrogen-bond donors (Lipinski definition) is 2. The average molecular weight is 291 g/mol. The molecule has 0 unspecified atom stereocenters. The van der Waals surface area contributed by atoms with Gasteiger partial charge in [-0.3, -0.25) is 9.59 Å². The summed E-state index contributed by atoms with van der Waals surface area (Å²) in [5, 5.41) is 5.52. The molecule has 0 heterocycles. The highest BCUT2D eigenvalue weighted by atomic mass is 79.9. The van der Waals surface area contributed by atoms with E-state index in [2.05, 4.69) is 26.6 Å². The molecule has 4 nitrogen and oxygen atoms in total. The van der Waals surface area contributed by atoms with Crippen LogP contribution in [0.3, 0.4) is 0 Å².